The predicted molar refractivity (Wildman–Crippen MR) is 106 cm³/mol. The van der Waals surface area contributed by atoms with Crippen LogP contribution in [0.15, 0.2) is 23.6 Å². The third-order valence-corrected chi connectivity index (χ3v) is 6.76. The molecule has 3 rings (SSSR count). The molecule has 1 N–H and O–H groups in total. The highest BCUT2D eigenvalue weighted by atomic mass is 32.2. The van der Waals surface area contributed by atoms with Gasteiger partial charge in [-0.2, -0.15) is 0 Å². The van der Waals surface area contributed by atoms with E-state index in [0.717, 1.165) is 5.41 Å². The minimum Gasteiger partial charge on any atom is -0.493 e. The van der Waals surface area contributed by atoms with Gasteiger partial charge in [0.05, 0.1) is 38.8 Å². The van der Waals surface area contributed by atoms with Gasteiger partial charge in [0.25, 0.3) is 5.91 Å². The predicted octanol–water partition coefficient (Wildman–Crippen LogP) is 2.18. The molecule has 0 saturated heterocycles. The van der Waals surface area contributed by atoms with Crippen LogP contribution >= 0.6 is 11.3 Å². The Morgan fingerprint density at radius 2 is 1.82 bits per heavy atom. The van der Waals surface area contributed by atoms with Gasteiger partial charge in [0, 0.05) is 11.0 Å². The zero-order valence-corrected chi connectivity index (χ0v) is 17.4. The van der Waals surface area contributed by atoms with E-state index in [0.29, 0.717) is 38.4 Å². The van der Waals surface area contributed by atoms with Crippen molar-refractivity contribution in [2.75, 3.05) is 27.1 Å². The number of thiazole rings is 1. The first kappa shape index (κ1) is 20.2. The zero-order chi connectivity index (χ0) is 20.5. The number of ether oxygens (including phenoxy) is 3. The largest absolute Gasteiger partial charge is 0.493 e. The number of sulfone groups is 1. The Kier molecular flexibility index (Phi) is 5.61. The van der Waals surface area contributed by atoms with E-state index in [1.807, 2.05) is 0 Å². The lowest BCUT2D eigenvalue weighted by molar-refractivity contribution is 0.0951. The summed E-state index contributed by atoms with van der Waals surface area (Å²) in [5.41, 5.74) is 1.26. The fraction of sp³-hybridized carbons (Fsp3) is 0.333. The SMILES string of the molecule is COc1cc(-c2nc(C)c(C(=O)NC3C=CS(=O)(=O)C3)s2)cc(OC)c1OC. The summed E-state index contributed by atoms with van der Waals surface area (Å²) in [6.07, 6.45) is 1.48. The molecule has 0 saturated carbocycles. The van der Waals surface area contributed by atoms with Gasteiger partial charge < -0.3 is 19.5 Å². The molecule has 1 aromatic carbocycles. The van der Waals surface area contributed by atoms with E-state index in [9.17, 15) is 13.2 Å². The summed E-state index contributed by atoms with van der Waals surface area (Å²) >= 11 is 1.21. The van der Waals surface area contributed by atoms with Crippen molar-refractivity contribution >= 4 is 27.1 Å². The molecule has 1 aliphatic rings. The Bertz CT molecular complexity index is 1020. The Morgan fingerprint density at radius 1 is 1.18 bits per heavy atom. The van der Waals surface area contributed by atoms with Crippen molar-refractivity contribution in [3.8, 4) is 27.8 Å². The fourth-order valence-electron chi connectivity index (χ4n) is 2.83. The molecule has 1 atom stereocenters. The summed E-state index contributed by atoms with van der Waals surface area (Å²) < 4.78 is 39.1. The van der Waals surface area contributed by atoms with Crippen LogP contribution in [0, 0.1) is 6.92 Å². The number of nitrogens with zero attached hydrogens (tertiary/aromatic N) is 1. The van der Waals surface area contributed by atoms with E-state index in [-0.39, 0.29) is 11.7 Å². The highest BCUT2D eigenvalue weighted by molar-refractivity contribution is 7.94. The minimum atomic E-state index is -3.24. The highest BCUT2D eigenvalue weighted by Crippen LogP contribution is 2.42. The van der Waals surface area contributed by atoms with Gasteiger partial charge in [-0.05, 0) is 25.1 Å². The second-order valence-electron chi connectivity index (χ2n) is 6.09. The van der Waals surface area contributed by atoms with Crippen molar-refractivity contribution in [1.29, 1.82) is 0 Å². The van der Waals surface area contributed by atoms with Gasteiger partial charge in [0.1, 0.15) is 9.88 Å². The first-order valence-electron chi connectivity index (χ1n) is 8.27. The molecular weight excluding hydrogens is 404 g/mol. The van der Waals surface area contributed by atoms with Crippen molar-refractivity contribution in [3.05, 3.63) is 34.2 Å². The topological polar surface area (TPSA) is 104 Å². The van der Waals surface area contributed by atoms with Crippen molar-refractivity contribution in [1.82, 2.24) is 10.3 Å². The van der Waals surface area contributed by atoms with Crippen LogP contribution in [-0.4, -0.2) is 52.4 Å². The molecular formula is C18H20N2O6S2. The third kappa shape index (κ3) is 3.97. The maximum absolute atomic E-state index is 12.6. The molecule has 1 amide bonds. The number of carbonyl (C=O) groups excluding carboxylic acids is 1. The molecule has 0 radical (unpaired) electrons. The van der Waals surface area contributed by atoms with Gasteiger partial charge in [-0.1, -0.05) is 0 Å². The normalized spacial score (nSPS) is 17.4. The van der Waals surface area contributed by atoms with E-state index in [1.54, 1.807) is 19.1 Å². The molecule has 2 heterocycles. The van der Waals surface area contributed by atoms with Crippen LogP contribution in [0.3, 0.4) is 0 Å². The lowest BCUT2D eigenvalue weighted by atomic mass is 10.2. The van der Waals surface area contributed by atoms with E-state index in [2.05, 4.69) is 10.3 Å². The van der Waals surface area contributed by atoms with E-state index in [1.165, 1.54) is 38.7 Å². The van der Waals surface area contributed by atoms with E-state index >= 15 is 0 Å². The maximum atomic E-state index is 12.6. The standard InChI is InChI=1S/C18H20N2O6S2/c1-10-16(17(21)20-12-5-6-28(22,23)9-12)27-18(19-10)11-7-13(24-2)15(26-4)14(8-11)25-3/h5-8,12H,9H2,1-4H3,(H,20,21). The van der Waals surface area contributed by atoms with Gasteiger partial charge in [-0.25, -0.2) is 13.4 Å². The van der Waals surface area contributed by atoms with Crippen LogP contribution < -0.4 is 19.5 Å². The number of amides is 1. The smallest absolute Gasteiger partial charge is 0.263 e. The van der Waals surface area contributed by atoms with Gasteiger partial charge >= 0.3 is 0 Å². The minimum absolute atomic E-state index is 0.129. The van der Waals surface area contributed by atoms with Crippen LogP contribution in [0.4, 0.5) is 0 Å². The maximum Gasteiger partial charge on any atom is 0.263 e. The number of hydrogen-bond donors (Lipinski definition) is 1. The van der Waals surface area contributed by atoms with Crippen LogP contribution in [0.2, 0.25) is 0 Å². The zero-order valence-electron chi connectivity index (χ0n) is 15.8. The summed E-state index contributed by atoms with van der Waals surface area (Å²) in [7, 11) is 1.33. The van der Waals surface area contributed by atoms with Crippen molar-refractivity contribution in [2.45, 2.75) is 13.0 Å². The average Bonchev–Trinajstić information content (AvgIpc) is 3.22. The van der Waals surface area contributed by atoms with Crippen LogP contribution in [0.1, 0.15) is 15.4 Å². The molecule has 28 heavy (non-hydrogen) atoms. The lowest BCUT2D eigenvalue weighted by Crippen LogP contribution is -2.35. The van der Waals surface area contributed by atoms with Gasteiger partial charge in [-0.3, -0.25) is 4.79 Å². The average molecular weight is 425 g/mol. The summed E-state index contributed by atoms with van der Waals surface area (Å²) in [6, 6.07) is 2.98. The molecule has 1 unspecified atom stereocenters. The fourth-order valence-corrected chi connectivity index (χ4v) is 5.03. The molecule has 0 fully saturated rings. The third-order valence-electron chi connectivity index (χ3n) is 4.16. The summed E-state index contributed by atoms with van der Waals surface area (Å²) in [5, 5.41) is 4.45. The first-order chi connectivity index (χ1) is 13.3. The van der Waals surface area contributed by atoms with Crippen molar-refractivity contribution < 1.29 is 27.4 Å². The van der Waals surface area contributed by atoms with Crippen molar-refractivity contribution in [2.24, 2.45) is 0 Å². The van der Waals surface area contributed by atoms with E-state index in [4.69, 9.17) is 14.2 Å². The summed E-state index contributed by atoms with van der Waals surface area (Å²) in [4.78, 5) is 17.5. The molecule has 8 nitrogen and oxygen atoms in total. The Morgan fingerprint density at radius 3 is 2.32 bits per heavy atom. The number of hydrogen-bond acceptors (Lipinski definition) is 8. The highest BCUT2D eigenvalue weighted by Gasteiger charge is 2.26. The number of rotatable bonds is 6. The van der Waals surface area contributed by atoms with Gasteiger partial charge in [0.2, 0.25) is 5.75 Å². The number of nitrogens with one attached hydrogen (secondary N) is 1. The van der Waals surface area contributed by atoms with Gasteiger partial charge in [0.15, 0.2) is 21.3 Å². The van der Waals surface area contributed by atoms with Crippen LogP contribution in [-0.2, 0) is 9.84 Å². The van der Waals surface area contributed by atoms with Crippen LogP contribution in [0.5, 0.6) is 17.2 Å². The first-order valence-corrected chi connectivity index (χ1v) is 10.8. The number of aryl methyl sites for hydroxylation is 1. The Labute approximate surface area is 167 Å². The lowest BCUT2D eigenvalue weighted by Gasteiger charge is -2.13. The molecule has 1 aliphatic heterocycles. The molecule has 10 heteroatoms. The van der Waals surface area contributed by atoms with Crippen molar-refractivity contribution in [3.63, 3.8) is 0 Å². The Hall–Kier alpha value is -2.59. The second-order valence-corrected chi connectivity index (χ2v) is 9.02. The summed E-state index contributed by atoms with van der Waals surface area (Å²) in [5.74, 6) is 0.944. The molecule has 0 spiro atoms. The summed E-state index contributed by atoms with van der Waals surface area (Å²) in [6.45, 7) is 1.73. The quantitative estimate of drug-likeness (QED) is 0.758. The number of carbonyl (C=O) groups is 1. The molecule has 1 aromatic heterocycles. The van der Waals surface area contributed by atoms with Crippen LogP contribution in [0.25, 0.3) is 10.6 Å². The second kappa shape index (κ2) is 7.80. The molecule has 150 valence electrons. The van der Waals surface area contributed by atoms with Gasteiger partial charge in [-0.15, -0.1) is 11.3 Å². The molecule has 2 aromatic rings. The monoisotopic (exact) mass is 424 g/mol. The number of methoxy groups -OCH3 is 3. The Balaban J connectivity index is 1.90. The number of benzene rings is 1. The molecule has 0 bridgehead atoms. The molecule has 0 aliphatic carbocycles. The van der Waals surface area contributed by atoms with E-state index < -0.39 is 15.9 Å². The number of aromatic nitrogens is 1.